The van der Waals surface area contributed by atoms with Gasteiger partial charge in [0.15, 0.2) is 5.17 Å². The molecule has 0 saturated carbocycles. The van der Waals surface area contributed by atoms with E-state index in [0.717, 1.165) is 5.56 Å². The van der Waals surface area contributed by atoms with Crippen LogP contribution in [0.15, 0.2) is 29.4 Å². The lowest BCUT2D eigenvalue weighted by Crippen LogP contribution is -2.13. The SMILES string of the molecule is CCOP(=O)(OCC)C(/C(Cl)=N/O)c1ccc(C)cc1. The molecule has 0 radical (unpaired) electrons. The summed E-state index contributed by atoms with van der Waals surface area (Å²) in [6, 6.07) is 7.23. The van der Waals surface area contributed by atoms with Crippen LogP contribution >= 0.6 is 19.2 Å². The monoisotopic (exact) mass is 319 g/mol. The fraction of sp³-hybridized carbons (Fsp3) is 0.462. The normalized spacial score (nSPS) is 14.3. The first-order valence-electron chi connectivity index (χ1n) is 6.31. The highest BCUT2D eigenvalue weighted by Crippen LogP contribution is 2.62. The number of halogens is 1. The molecule has 0 amide bonds. The van der Waals surface area contributed by atoms with Crippen molar-refractivity contribution in [3.63, 3.8) is 0 Å². The van der Waals surface area contributed by atoms with Crippen LogP contribution in [0.3, 0.4) is 0 Å². The first-order valence-corrected chi connectivity index (χ1v) is 8.30. The summed E-state index contributed by atoms with van der Waals surface area (Å²) >= 11 is 5.93. The summed E-state index contributed by atoms with van der Waals surface area (Å²) in [6.07, 6.45) is 0. The minimum absolute atomic E-state index is 0.204. The summed E-state index contributed by atoms with van der Waals surface area (Å²) in [5, 5.41) is 11.7. The lowest BCUT2D eigenvalue weighted by molar-refractivity contribution is 0.216. The fourth-order valence-electron chi connectivity index (χ4n) is 1.80. The van der Waals surface area contributed by atoms with E-state index in [1.165, 1.54) is 0 Å². The lowest BCUT2D eigenvalue weighted by atomic mass is 10.1. The van der Waals surface area contributed by atoms with E-state index < -0.39 is 13.3 Å². The highest BCUT2D eigenvalue weighted by molar-refractivity contribution is 7.55. The van der Waals surface area contributed by atoms with Crippen molar-refractivity contribution in [1.82, 2.24) is 0 Å². The Bertz CT molecular complexity index is 494. The molecule has 0 fully saturated rings. The number of aryl methyl sites for hydroxylation is 1. The Hall–Kier alpha value is -0.870. The average Bonchev–Trinajstić information content (AvgIpc) is 2.41. The van der Waals surface area contributed by atoms with E-state index >= 15 is 0 Å². The second kappa shape index (κ2) is 7.79. The van der Waals surface area contributed by atoms with Gasteiger partial charge in [0.25, 0.3) is 0 Å². The van der Waals surface area contributed by atoms with Crippen molar-refractivity contribution < 1.29 is 18.8 Å². The van der Waals surface area contributed by atoms with Crippen molar-refractivity contribution in [1.29, 1.82) is 0 Å². The van der Waals surface area contributed by atoms with Gasteiger partial charge in [-0.05, 0) is 26.3 Å². The maximum atomic E-state index is 12.9. The smallest absolute Gasteiger partial charge is 0.345 e. The topological polar surface area (TPSA) is 68.1 Å². The van der Waals surface area contributed by atoms with Gasteiger partial charge >= 0.3 is 7.60 Å². The van der Waals surface area contributed by atoms with Crippen LogP contribution in [0.1, 0.15) is 30.6 Å². The number of nitrogens with zero attached hydrogens (tertiary/aromatic N) is 1. The van der Waals surface area contributed by atoms with Crippen molar-refractivity contribution in [3.8, 4) is 0 Å². The molecule has 112 valence electrons. The molecule has 0 saturated heterocycles. The van der Waals surface area contributed by atoms with Crippen LogP contribution in [0.25, 0.3) is 0 Å². The largest absolute Gasteiger partial charge is 0.410 e. The molecule has 1 N–H and O–H groups in total. The zero-order chi connectivity index (χ0) is 15.2. The Labute approximate surface area is 124 Å². The van der Waals surface area contributed by atoms with Gasteiger partial charge in [0, 0.05) is 0 Å². The second-order valence-electron chi connectivity index (χ2n) is 4.11. The third-order valence-electron chi connectivity index (χ3n) is 2.65. The Balaban J connectivity index is 3.30. The molecule has 1 rings (SSSR count). The van der Waals surface area contributed by atoms with Crippen LogP contribution in [-0.2, 0) is 13.6 Å². The van der Waals surface area contributed by atoms with Crippen molar-refractivity contribution in [2.75, 3.05) is 13.2 Å². The van der Waals surface area contributed by atoms with Crippen molar-refractivity contribution >= 4 is 24.4 Å². The summed E-state index contributed by atoms with van der Waals surface area (Å²) in [6.45, 7) is 5.76. The van der Waals surface area contributed by atoms with Gasteiger partial charge in [0.2, 0.25) is 0 Å². The van der Waals surface area contributed by atoms with Gasteiger partial charge < -0.3 is 14.3 Å². The van der Waals surface area contributed by atoms with Gasteiger partial charge in [-0.15, -0.1) is 0 Å². The molecule has 0 spiro atoms. The number of benzene rings is 1. The van der Waals surface area contributed by atoms with Gasteiger partial charge in [0.1, 0.15) is 5.66 Å². The highest BCUT2D eigenvalue weighted by Gasteiger charge is 2.40. The predicted molar refractivity (Wildman–Crippen MR) is 79.9 cm³/mol. The van der Waals surface area contributed by atoms with Crippen molar-refractivity contribution in [2.45, 2.75) is 26.4 Å². The molecular weight excluding hydrogens is 301 g/mol. The number of hydrogen-bond donors (Lipinski definition) is 1. The van der Waals surface area contributed by atoms with Crippen LogP contribution in [-0.4, -0.2) is 23.6 Å². The summed E-state index contributed by atoms with van der Waals surface area (Å²) in [4.78, 5) is 0. The van der Waals surface area contributed by atoms with Gasteiger partial charge in [0.05, 0.1) is 13.2 Å². The first kappa shape index (κ1) is 17.2. The first-order chi connectivity index (χ1) is 9.48. The summed E-state index contributed by atoms with van der Waals surface area (Å²) in [5.41, 5.74) is 0.727. The maximum absolute atomic E-state index is 12.9. The molecule has 0 bridgehead atoms. The summed E-state index contributed by atoms with van der Waals surface area (Å²) in [5.74, 6) is 0. The standard InChI is InChI=1S/C13H19ClNO4P/c1-4-18-20(17,19-5-2)12(13(14)15-16)11-8-6-10(3)7-9-11/h6-9,12,16H,4-5H2,1-3H3/b15-13-. The molecule has 1 atom stereocenters. The van der Waals surface area contributed by atoms with E-state index in [-0.39, 0.29) is 18.4 Å². The molecule has 1 aromatic rings. The van der Waals surface area contributed by atoms with E-state index in [2.05, 4.69) is 5.16 Å². The lowest BCUT2D eigenvalue weighted by Gasteiger charge is -2.25. The van der Waals surface area contributed by atoms with E-state index in [4.69, 9.17) is 25.9 Å². The minimum atomic E-state index is -3.56. The number of hydrogen-bond acceptors (Lipinski definition) is 5. The predicted octanol–water partition coefficient (Wildman–Crippen LogP) is 4.33. The fourth-order valence-corrected chi connectivity index (χ4v) is 4.23. The second-order valence-corrected chi connectivity index (χ2v) is 6.61. The van der Waals surface area contributed by atoms with Gasteiger partial charge in [-0.2, -0.15) is 0 Å². The van der Waals surface area contributed by atoms with Crippen molar-refractivity contribution in [2.24, 2.45) is 5.16 Å². The van der Waals surface area contributed by atoms with Gasteiger partial charge in [-0.3, -0.25) is 4.57 Å². The molecule has 0 heterocycles. The summed E-state index contributed by atoms with van der Waals surface area (Å²) < 4.78 is 23.5. The minimum Gasteiger partial charge on any atom is -0.410 e. The van der Waals surface area contributed by atoms with Crippen LogP contribution in [0, 0.1) is 6.92 Å². The Morgan fingerprint density at radius 2 is 1.80 bits per heavy atom. The van der Waals surface area contributed by atoms with E-state index in [1.54, 1.807) is 26.0 Å². The molecular formula is C13H19ClNO4P. The highest BCUT2D eigenvalue weighted by atomic mass is 35.5. The molecule has 5 nitrogen and oxygen atoms in total. The molecule has 0 aromatic heterocycles. The molecule has 0 aliphatic heterocycles. The van der Waals surface area contributed by atoms with Gasteiger partial charge in [-0.1, -0.05) is 46.6 Å². The van der Waals surface area contributed by atoms with Crippen molar-refractivity contribution in [3.05, 3.63) is 35.4 Å². The molecule has 0 aliphatic carbocycles. The molecule has 1 aromatic carbocycles. The Morgan fingerprint density at radius 3 is 2.20 bits per heavy atom. The van der Waals surface area contributed by atoms with Crippen LogP contribution < -0.4 is 0 Å². The third kappa shape index (κ3) is 4.06. The molecule has 7 heteroatoms. The Kier molecular flexibility index (Phi) is 6.69. The average molecular weight is 320 g/mol. The number of oxime groups is 1. The zero-order valence-electron chi connectivity index (χ0n) is 11.7. The van der Waals surface area contributed by atoms with Crippen LogP contribution in [0.5, 0.6) is 0 Å². The third-order valence-corrected chi connectivity index (χ3v) is 5.51. The van der Waals surface area contributed by atoms with Crippen LogP contribution in [0.4, 0.5) is 0 Å². The van der Waals surface area contributed by atoms with Crippen LogP contribution in [0.2, 0.25) is 0 Å². The quantitative estimate of drug-likeness (QED) is 0.351. The molecule has 0 aliphatic rings. The summed E-state index contributed by atoms with van der Waals surface area (Å²) in [7, 11) is -3.56. The van der Waals surface area contributed by atoms with E-state index in [0.29, 0.717) is 5.56 Å². The van der Waals surface area contributed by atoms with Gasteiger partial charge in [-0.25, -0.2) is 0 Å². The van der Waals surface area contributed by atoms with E-state index in [9.17, 15) is 4.57 Å². The maximum Gasteiger partial charge on any atom is 0.345 e. The molecule has 20 heavy (non-hydrogen) atoms. The zero-order valence-corrected chi connectivity index (χ0v) is 13.4. The molecule has 1 unspecified atom stereocenters. The number of rotatable bonds is 7. The van der Waals surface area contributed by atoms with E-state index in [1.807, 2.05) is 19.1 Å². The Morgan fingerprint density at radius 1 is 1.30 bits per heavy atom.